The van der Waals surface area contributed by atoms with E-state index in [-0.39, 0.29) is 11.5 Å². The van der Waals surface area contributed by atoms with Crippen molar-refractivity contribution in [1.29, 1.82) is 0 Å². The van der Waals surface area contributed by atoms with Gasteiger partial charge in [0, 0.05) is 28.7 Å². The van der Waals surface area contributed by atoms with E-state index >= 15 is 0 Å². The van der Waals surface area contributed by atoms with Crippen LogP contribution in [0.1, 0.15) is 60.5 Å². The normalized spacial score (nSPS) is 12.6. The van der Waals surface area contributed by atoms with E-state index < -0.39 is 0 Å². The predicted octanol–water partition coefficient (Wildman–Crippen LogP) is 8.22. The van der Waals surface area contributed by atoms with Gasteiger partial charge in [0.25, 0.3) is 0 Å². The molecule has 3 aromatic carbocycles. The van der Waals surface area contributed by atoms with Crippen LogP contribution in [0.2, 0.25) is 0 Å². The number of nitrogens with zero attached hydrogens (tertiary/aromatic N) is 2. The summed E-state index contributed by atoms with van der Waals surface area (Å²) in [5.74, 6) is 3.12. The van der Waals surface area contributed by atoms with E-state index in [0.29, 0.717) is 17.6 Å². The highest BCUT2D eigenvalue weighted by Gasteiger charge is 2.17. The van der Waals surface area contributed by atoms with E-state index in [0.717, 1.165) is 40.1 Å². The average Bonchev–Trinajstić information content (AvgIpc) is 2.89. The molecule has 7 heteroatoms. The lowest BCUT2D eigenvalue weighted by Crippen LogP contribution is -2.25. The third-order valence-electron chi connectivity index (χ3n) is 6.01. The van der Waals surface area contributed by atoms with Crippen molar-refractivity contribution in [2.75, 3.05) is 17.7 Å². The highest BCUT2D eigenvalue weighted by Crippen LogP contribution is 2.35. The number of rotatable bonds is 10. The molecule has 0 spiro atoms. The van der Waals surface area contributed by atoms with Crippen molar-refractivity contribution < 1.29 is 9.47 Å². The highest BCUT2D eigenvalue weighted by atomic mass is 16.5. The summed E-state index contributed by atoms with van der Waals surface area (Å²) in [7, 11) is 1.69. The first-order valence-corrected chi connectivity index (χ1v) is 13.7. The average molecular weight is 542 g/mol. The number of guanidine groups is 1. The molecule has 0 aromatic heterocycles. The van der Waals surface area contributed by atoms with Crippen LogP contribution in [-0.2, 0) is 5.41 Å². The largest absolute Gasteiger partial charge is 0.495 e. The smallest absolute Gasteiger partial charge is 0.224 e. The lowest BCUT2D eigenvalue weighted by atomic mass is 9.87. The van der Waals surface area contributed by atoms with Crippen molar-refractivity contribution in [2.45, 2.75) is 66.3 Å². The molecule has 40 heavy (non-hydrogen) atoms. The van der Waals surface area contributed by atoms with Crippen LogP contribution < -0.4 is 25.4 Å². The summed E-state index contributed by atoms with van der Waals surface area (Å²) in [6, 6.07) is 18.4. The van der Waals surface area contributed by atoms with Crippen molar-refractivity contribution in [3.63, 3.8) is 0 Å². The van der Waals surface area contributed by atoms with Gasteiger partial charge in [-0.25, -0.2) is 9.98 Å². The van der Waals surface area contributed by atoms with Crippen LogP contribution in [0.15, 0.2) is 88.9 Å². The van der Waals surface area contributed by atoms with E-state index in [9.17, 15) is 0 Å². The Bertz CT molecular complexity index is 1410. The zero-order chi connectivity index (χ0) is 29.3. The monoisotopic (exact) mass is 541 g/mol. The lowest BCUT2D eigenvalue weighted by molar-refractivity contribution is 0.410. The summed E-state index contributed by atoms with van der Waals surface area (Å²) in [5.41, 5.74) is 3.08. The van der Waals surface area contributed by atoms with Crippen LogP contribution in [-0.4, -0.2) is 25.3 Å². The number of fused-ring (bicyclic) bond motifs is 1. The number of ether oxygens (including phenoxy) is 2. The number of benzene rings is 3. The second-order valence-corrected chi connectivity index (χ2v) is 10.7. The Balaban J connectivity index is 1.90. The fraction of sp³-hybridized carbons (Fsp3) is 0.333. The number of nitrogens with one attached hydrogen (secondary N) is 3. The van der Waals surface area contributed by atoms with Gasteiger partial charge < -0.3 is 20.1 Å². The summed E-state index contributed by atoms with van der Waals surface area (Å²) >= 11 is 0. The molecule has 7 nitrogen and oxygen atoms in total. The van der Waals surface area contributed by atoms with Crippen molar-refractivity contribution in [1.82, 2.24) is 5.32 Å². The highest BCUT2D eigenvalue weighted by molar-refractivity contribution is 5.98. The summed E-state index contributed by atoms with van der Waals surface area (Å²) in [6.45, 7) is 18.6. The van der Waals surface area contributed by atoms with Crippen molar-refractivity contribution in [3.05, 3.63) is 84.5 Å². The molecule has 0 aliphatic heterocycles. The molecule has 0 fully saturated rings. The maximum Gasteiger partial charge on any atom is 0.224 e. The van der Waals surface area contributed by atoms with Crippen LogP contribution in [0, 0.1) is 0 Å². The van der Waals surface area contributed by atoms with Gasteiger partial charge in [0.2, 0.25) is 5.96 Å². The maximum absolute atomic E-state index is 6.13. The van der Waals surface area contributed by atoms with Crippen LogP contribution in [0.5, 0.6) is 11.5 Å². The minimum absolute atomic E-state index is 0.0138. The molecule has 0 unspecified atom stereocenters. The van der Waals surface area contributed by atoms with Crippen LogP contribution in [0.25, 0.3) is 10.8 Å². The lowest BCUT2D eigenvalue weighted by Gasteiger charge is -2.23. The fourth-order valence-electron chi connectivity index (χ4n) is 4.12. The summed E-state index contributed by atoms with van der Waals surface area (Å²) in [4.78, 5) is 8.75. The van der Waals surface area contributed by atoms with Gasteiger partial charge in [-0.05, 0) is 75.1 Å². The molecule has 0 saturated carbocycles. The van der Waals surface area contributed by atoms with Gasteiger partial charge in [0.15, 0.2) is 5.88 Å². The topological polar surface area (TPSA) is 79.3 Å². The van der Waals surface area contributed by atoms with Gasteiger partial charge >= 0.3 is 0 Å². The molecule has 212 valence electrons. The van der Waals surface area contributed by atoms with Gasteiger partial charge in [-0.2, -0.15) is 0 Å². The second kappa shape index (κ2) is 13.7. The molecule has 0 aliphatic carbocycles. The maximum atomic E-state index is 6.13. The Labute approximate surface area is 239 Å². The molecule has 3 N–H and O–H groups in total. The van der Waals surface area contributed by atoms with Gasteiger partial charge in [-0.15, -0.1) is 0 Å². The number of hydrogen-bond acceptors (Lipinski definition) is 5. The van der Waals surface area contributed by atoms with Gasteiger partial charge in [-0.1, -0.05) is 58.0 Å². The molecule has 0 saturated heterocycles. The Morgan fingerprint density at radius 2 is 1.65 bits per heavy atom. The molecule has 3 aromatic rings. The Kier molecular flexibility index (Phi) is 10.4. The zero-order valence-electron chi connectivity index (χ0n) is 25.1. The van der Waals surface area contributed by atoms with E-state index in [1.54, 1.807) is 13.3 Å². The molecule has 0 heterocycles. The standard InChI is InChI=1S/C33H43N5O2/c1-10-14-31(38-28-21-24(33(6,7)8)17-19-30(28)39-9)37-27-18-20-29(26-16-13-12-15-25(26)27)40-23(5)36-32(34-11-2)35-22(3)4/h11-22,37-38H,5,10H2,1-4,6-9H3,(H,35,36)/b31-14?,34-11-. The number of methoxy groups -OCH3 is 1. The molecule has 0 amide bonds. The van der Waals surface area contributed by atoms with Gasteiger partial charge in [0.05, 0.1) is 12.8 Å². The quantitative estimate of drug-likeness (QED) is 0.137. The Morgan fingerprint density at radius 3 is 2.27 bits per heavy atom. The van der Waals surface area contributed by atoms with Crippen molar-refractivity contribution >= 4 is 34.3 Å². The molecule has 3 rings (SSSR count). The Hall–Kier alpha value is -4.26. The first-order valence-electron chi connectivity index (χ1n) is 13.7. The third kappa shape index (κ3) is 8.12. The number of hydrogen-bond donors (Lipinski definition) is 3. The third-order valence-corrected chi connectivity index (χ3v) is 6.01. The summed E-state index contributed by atoms with van der Waals surface area (Å²) in [5, 5.41) is 12.2. The molecular formula is C33H43N5O2. The van der Waals surface area contributed by atoms with Crippen LogP contribution in [0.3, 0.4) is 0 Å². The Morgan fingerprint density at radius 1 is 0.975 bits per heavy atom. The second-order valence-electron chi connectivity index (χ2n) is 10.7. The predicted molar refractivity (Wildman–Crippen MR) is 171 cm³/mol. The van der Waals surface area contributed by atoms with Crippen LogP contribution in [0.4, 0.5) is 11.4 Å². The van der Waals surface area contributed by atoms with Crippen molar-refractivity contribution in [3.8, 4) is 11.5 Å². The fourth-order valence-corrected chi connectivity index (χ4v) is 4.12. The number of aliphatic imine (C=N–C) groups is 2. The molecule has 0 bridgehead atoms. The SMILES string of the molecule is C=C(NC(=NC(C)C)/N=C\C)Oc1ccc(NC(=CCC)Nc2cc(C(C)(C)C)ccc2OC)c2ccccc12. The molecule has 0 aliphatic rings. The zero-order valence-corrected chi connectivity index (χ0v) is 25.1. The van der Waals surface area contributed by atoms with E-state index in [2.05, 4.69) is 84.5 Å². The van der Waals surface area contributed by atoms with Gasteiger partial charge in [-0.3, -0.25) is 5.32 Å². The first kappa shape index (κ1) is 30.3. The van der Waals surface area contributed by atoms with E-state index in [1.807, 2.05) is 57.2 Å². The first-order chi connectivity index (χ1) is 19.0. The molecular weight excluding hydrogens is 498 g/mol. The number of allylic oxidation sites excluding steroid dienone is 1. The number of anilines is 2. The van der Waals surface area contributed by atoms with Crippen LogP contribution >= 0.6 is 0 Å². The summed E-state index contributed by atoms with van der Waals surface area (Å²) < 4.78 is 11.8. The summed E-state index contributed by atoms with van der Waals surface area (Å²) in [6.07, 6.45) is 4.65. The molecule has 0 atom stereocenters. The van der Waals surface area contributed by atoms with E-state index in [1.165, 1.54) is 5.56 Å². The van der Waals surface area contributed by atoms with Crippen molar-refractivity contribution in [2.24, 2.45) is 9.98 Å². The minimum atomic E-state index is 0.0138. The van der Waals surface area contributed by atoms with E-state index in [4.69, 9.17) is 9.47 Å². The minimum Gasteiger partial charge on any atom is -0.495 e. The molecule has 0 radical (unpaired) electrons. The van der Waals surface area contributed by atoms with Gasteiger partial charge in [0.1, 0.15) is 17.3 Å².